The molecule has 7 nitrogen and oxygen atoms in total. The van der Waals surface area contributed by atoms with Gasteiger partial charge in [-0.05, 0) is 57.2 Å². The number of aromatic nitrogens is 1. The first-order valence-electron chi connectivity index (χ1n) is 9.53. The quantitative estimate of drug-likeness (QED) is 0.458. The van der Waals surface area contributed by atoms with Crippen LogP contribution in [0.4, 0.5) is 5.69 Å². The zero-order valence-corrected chi connectivity index (χ0v) is 16.8. The fraction of sp³-hybridized carbons (Fsp3) is 0.174. The number of aryl methyl sites for hydroxylation is 2. The smallest absolute Gasteiger partial charge is 0.261 e. The number of furan rings is 1. The second-order valence-electron chi connectivity index (χ2n) is 6.74. The van der Waals surface area contributed by atoms with Gasteiger partial charge in [-0.15, -0.1) is 0 Å². The summed E-state index contributed by atoms with van der Waals surface area (Å²) in [5.41, 5.74) is 2.04. The summed E-state index contributed by atoms with van der Waals surface area (Å²) in [6.45, 7) is 5.77. The van der Waals surface area contributed by atoms with E-state index in [2.05, 4.69) is 10.5 Å². The Bertz CT molecular complexity index is 1210. The lowest BCUT2D eigenvalue weighted by Crippen LogP contribution is -2.15. The SMILES string of the molecule is CCOc1ccc(C(=O)c2oc3ccccc3c2NC(=O)c2c(C)noc2C)cc1. The van der Waals surface area contributed by atoms with Crippen molar-refractivity contribution in [1.82, 2.24) is 5.16 Å². The third kappa shape index (κ3) is 3.45. The molecule has 7 heteroatoms. The number of ether oxygens (including phenoxy) is 1. The molecule has 4 rings (SSSR count). The molecule has 0 radical (unpaired) electrons. The van der Waals surface area contributed by atoms with Crippen LogP contribution in [-0.2, 0) is 0 Å². The summed E-state index contributed by atoms with van der Waals surface area (Å²) in [5.74, 6) is 0.366. The molecule has 0 fully saturated rings. The van der Waals surface area contributed by atoms with E-state index >= 15 is 0 Å². The highest BCUT2D eigenvalue weighted by Crippen LogP contribution is 2.33. The monoisotopic (exact) mass is 404 g/mol. The third-order valence-corrected chi connectivity index (χ3v) is 4.73. The van der Waals surface area contributed by atoms with Crippen LogP contribution in [0, 0.1) is 13.8 Å². The van der Waals surface area contributed by atoms with Gasteiger partial charge in [0.2, 0.25) is 5.78 Å². The summed E-state index contributed by atoms with van der Waals surface area (Å²) in [4.78, 5) is 26.1. The van der Waals surface area contributed by atoms with Gasteiger partial charge in [-0.3, -0.25) is 9.59 Å². The third-order valence-electron chi connectivity index (χ3n) is 4.73. The second-order valence-corrected chi connectivity index (χ2v) is 6.74. The minimum absolute atomic E-state index is 0.0560. The van der Waals surface area contributed by atoms with Gasteiger partial charge in [0.05, 0.1) is 18.0 Å². The lowest BCUT2D eigenvalue weighted by atomic mass is 10.1. The normalized spacial score (nSPS) is 10.9. The Labute approximate surface area is 172 Å². The summed E-state index contributed by atoms with van der Waals surface area (Å²) < 4.78 is 16.4. The summed E-state index contributed by atoms with van der Waals surface area (Å²) in [7, 11) is 0. The Hall–Kier alpha value is -3.87. The minimum Gasteiger partial charge on any atom is -0.494 e. The fourth-order valence-corrected chi connectivity index (χ4v) is 3.31. The average Bonchev–Trinajstić information content (AvgIpc) is 3.28. The molecular weight excluding hydrogens is 384 g/mol. The van der Waals surface area contributed by atoms with E-state index in [1.54, 1.807) is 56.3 Å². The number of amides is 1. The van der Waals surface area contributed by atoms with Gasteiger partial charge >= 0.3 is 0 Å². The molecule has 2 heterocycles. The molecule has 0 unspecified atom stereocenters. The van der Waals surface area contributed by atoms with Crippen molar-refractivity contribution in [2.45, 2.75) is 20.8 Å². The Morgan fingerprint density at radius 2 is 1.80 bits per heavy atom. The highest BCUT2D eigenvalue weighted by atomic mass is 16.5. The largest absolute Gasteiger partial charge is 0.494 e. The number of benzene rings is 2. The number of nitrogens with one attached hydrogen (secondary N) is 1. The number of carbonyl (C=O) groups excluding carboxylic acids is 2. The maximum atomic E-state index is 13.2. The minimum atomic E-state index is -0.418. The van der Waals surface area contributed by atoms with Crippen molar-refractivity contribution in [2.24, 2.45) is 0 Å². The number of hydrogen-bond acceptors (Lipinski definition) is 6. The van der Waals surface area contributed by atoms with Crippen LogP contribution in [0.25, 0.3) is 11.0 Å². The van der Waals surface area contributed by atoms with Crippen molar-refractivity contribution in [3.05, 3.63) is 76.9 Å². The van der Waals surface area contributed by atoms with Crippen LogP contribution in [0.3, 0.4) is 0 Å². The van der Waals surface area contributed by atoms with E-state index in [-0.39, 0.29) is 11.5 Å². The standard InChI is InChI=1S/C23H20N2O5/c1-4-28-16-11-9-15(10-12-16)21(26)22-20(17-7-5-6-8-18(17)29-22)24-23(27)19-13(2)25-30-14(19)3/h5-12H,4H2,1-3H3,(H,24,27). The van der Waals surface area contributed by atoms with Crippen LogP contribution in [0.5, 0.6) is 5.75 Å². The molecule has 1 amide bonds. The van der Waals surface area contributed by atoms with E-state index in [0.717, 1.165) is 0 Å². The van der Waals surface area contributed by atoms with Crippen molar-refractivity contribution in [1.29, 1.82) is 0 Å². The molecule has 0 aliphatic rings. The van der Waals surface area contributed by atoms with E-state index in [1.165, 1.54) is 0 Å². The van der Waals surface area contributed by atoms with Gasteiger partial charge in [0.1, 0.15) is 22.7 Å². The van der Waals surface area contributed by atoms with E-state index in [4.69, 9.17) is 13.7 Å². The van der Waals surface area contributed by atoms with Crippen LogP contribution >= 0.6 is 0 Å². The van der Waals surface area contributed by atoms with Gasteiger partial charge in [-0.25, -0.2) is 0 Å². The maximum absolute atomic E-state index is 13.2. The Kier molecular flexibility index (Phi) is 5.10. The zero-order chi connectivity index (χ0) is 21.3. The van der Waals surface area contributed by atoms with E-state index in [0.29, 0.717) is 51.6 Å². The molecule has 0 aliphatic carbocycles. The lowest BCUT2D eigenvalue weighted by Gasteiger charge is -2.07. The number of carbonyl (C=O) groups is 2. The molecule has 0 spiro atoms. The molecule has 2 aromatic carbocycles. The summed E-state index contributed by atoms with van der Waals surface area (Å²) in [6.07, 6.45) is 0. The number of ketones is 1. The topological polar surface area (TPSA) is 94.6 Å². The highest BCUT2D eigenvalue weighted by molar-refractivity contribution is 6.19. The van der Waals surface area contributed by atoms with Crippen LogP contribution in [-0.4, -0.2) is 23.5 Å². The molecule has 0 saturated heterocycles. The van der Waals surface area contributed by atoms with Gasteiger partial charge in [-0.2, -0.15) is 0 Å². The van der Waals surface area contributed by atoms with Crippen molar-refractivity contribution >= 4 is 28.3 Å². The molecule has 0 saturated carbocycles. The predicted molar refractivity (Wildman–Crippen MR) is 111 cm³/mol. The Balaban J connectivity index is 1.75. The second kappa shape index (κ2) is 7.87. The number of hydrogen-bond donors (Lipinski definition) is 1. The molecule has 2 aromatic heterocycles. The first-order valence-corrected chi connectivity index (χ1v) is 9.53. The molecule has 4 aromatic rings. The first kappa shape index (κ1) is 19.4. The number of fused-ring (bicyclic) bond motifs is 1. The molecule has 0 bridgehead atoms. The first-order chi connectivity index (χ1) is 14.5. The van der Waals surface area contributed by atoms with Gasteiger partial charge in [-0.1, -0.05) is 17.3 Å². The highest BCUT2D eigenvalue weighted by Gasteiger charge is 2.26. The zero-order valence-electron chi connectivity index (χ0n) is 16.8. The van der Waals surface area contributed by atoms with Crippen molar-refractivity contribution in [3.8, 4) is 5.75 Å². The van der Waals surface area contributed by atoms with Gasteiger partial charge in [0, 0.05) is 10.9 Å². The molecule has 30 heavy (non-hydrogen) atoms. The van der Waals surface area contributed by atoms with Crippen LogP contribution in [0.1, 0.15) is 44.9 Å². The van der Waals surface area contributed by atoms with Gasteiger partial charge in [0.25, 0.3) is 5.91 Å². The fourth-order valence-electron chi connectivity index (χ4n) is 3.31. The maximum Gasteiger partial charge on any atom is 0.261 e. The van der Waals surface area contributed by atoms with Crippen molar-refractivity contribution in [2.75, 3.05) is 11.9 Å². The molecule has 152 valence electrons. The summed E-state index contributed by atoms with van der Waals surface area (Å²) in [6, 6.07) is 13.9. The van der Waals surface area contributed by atoms with Gasteiger partial charge in [0.15, 0.2) is 5.76 Å². The lowest BCUT2D eigenvalue weighted by molar-refractivity contribution is 0.101. The van der Waals surface area contributed by atoms with Crippen LogP contribution in [0.2, 0.25) is 0 Å². The predicted octanol–water partition coefficient (Wildman–Crippen LogP) is 4.92. The molecule has 0 atom stereocenters. The Morgan fingerprint density at radius 3 is 2.47 bits per heavy atom. The van der Waals surface area contributed by atoms with E-state index < -0.39 is 5.91 Å². The molecule has 0 aliphatic heterocycles. The van der Waals surface area contributed by atoms with Crippen molar-refractivity contribution < 1.29 is 23.3 Å². The van der Waals surface area contributed by atoms with Crippen molar-refractivity contribution in [3.63, 3.8) is 0 Å². The average molecular weight is 404 g/mol. The summed E-state index contributed by atoms with van der Waals surface area (Å²) in [5, 5.41) is 7.27. The molecule has 1 N–H and O–H groups in total. The van der Waals surface area contributed by atoms with Crippen LogP contribution in [0.15, 0.2) is 57.5 Å². The number of anilines is 1. The Morgan fingerprint density at radius 1 is 1.07 bits per heavy atom. The van der Waals surface area contributed by atoms with E-state index in [9.17, 15) is 9.59 Å². The number of nitrogens with zero attached hydrogens (tertiary/aromatic N) is 1. The van der Waals surface area contributed by atoms with Crippen LogP contribution < -0.4 is 10.1 Å². The molecular formula is C23H20N2O5. The number of rotatable bonds is 6. The van der Waals surface area contributed by atoms with E-state index in [1.807, 2.05) is 13.0 Å². The number of para-hydroxylation sites is 1. The summed E-state index contributed by atoms with van der Waals surface area (Å²) >= 11 is 0. The van der Waals surface area contributed by atoms with Gasteiger partial charge < -0.3 is 19.0 Å².